The Balaban J connectivity index is 1.41. The van der Waals surface area contributed by atoms with Crippen LogP contribution < -0.4 is 5.32 Å². The lowest BCUT2D eigenvalue weighted by molar-refractivity contribution is 0.102. The van der Waals surface area contributed by atoms with E-state index in [-0.39, 0.29) is 5.91 Å². The van der Waals surface area contributed by atoms with E-state index in [1.54, 1.807) is 18.0 Å². The van der Waals surface area contributed by atoms with Crippen LogP contribution in [-0.2, 0) is 5.75 Å². The fourth-order valence-corrected chi connectivity index (χ4v) is 5.03. The molecule has 0 atom stereocenters. The summed E-state index contributed by atoms with van der Waals surface area (Å²) in [5.41, 5.74) is 1.55. The first-order valence-electron chi connectivity index (χ1n) is 9.12. The SMILES string of the molecule is O=C(Nc1nc2c(ccc3ccccc32)s1)c1ccccc1SCc1ccco1. The van der Waals surface area contributed by atoms with Crippen LogP contribution in [0.25, 0.3) is 21.0 Å². The molecule has 1 amide bonds. The van der Waals surface area contributed by atoms with Crippen molar-refractivity contribution in [3.05, 3.63) is 90.4 Å². The standard InChI is InChI=1S/C23H16N2O2S2/c26-22(18-9-3-4-10-19(18)28-14-16-7-5-13-27-16)25-23-24-21-17-8-2-1-6-15(17)11-12-20(21)29-23/h1-13H,14H2,(H,24,25,26). The molecule has 29 heavy (non-hydrogen) atoms. The van der Waals surface area contributed by atoms with Gasteiger partial charge in [0.1, 0.15) is 5.76 Å². The third-order valence-electron chi connectivity index (χ3n) is 4.59. The maximum atomic E-state index is 13.0. The molecule has 3 aromatic carbocycles. The molecule has 0 radical (unpaired) electrons. The lowest BCUT2D eigenvalue weighted by Gasteiger charge is -2.07. The molecule has 0 aliphatic rings. The highest BCUT2D eigenvalue weighted by Crippen LogP contribution is 2.33. The zero-order valence-corrected chi connectivity index (χ0v) is 16.9. The van der Waals surface area contributed by atoms with E-state index in [0.717, 1.165) is 31.6 Å². The van der Waals surface area contributed by atoms with Crippen molar-refractivity contribution >= 4 is 55.1 Å². The van der Waals surface area contributed by atoms with Crippen LogP contribution in [0.2, 0.25) is 0 Å². The van der Waals surface area contributed by atoms with Gasteiger partial charge in [0, 0.05) is 10.3 Å². The highest BCUT2D eigenvalue weighted by atomic mass is 32.2. The van der Waals surface area contributed by atoms with Crippen molar-refractivity contribution in [2.45, 2.75) is 10.6 Å². The van der Waals surface area contributed by atoms with Crippen LogP contribution >= 0.6 is 23.1 Å². The number of carbonyl (C=O) groups excluding carboxylic acids is 1. The van der Waals surface area contributed by atoms with E-state index < -0.39 is 0 Å². The lowest BCUT2D eigenvalue weighted by Crippen LogP contribution is -2.12. The monoisotopic (exact) mass is 416 g/mol. The van der Waals surface area contributed by atoms with Gasteiger partial charge in [0.2, 0.25) is 0 Å². The number of hydrogen-bond acceptors (Lipinski definition) is 5. The quantitative estimate of drug-likeness (QED) is 0.329. The summed E-state index contributed by atoms with van der Waals surface area (Å²) in [4.78, 5) is 18.6. The predicted molar refractivity (Wildman–Crippen MR) is 120 cm³/mol. The number of rotatable bonds is 5. The number of fused-ring (bicyclic) bond motifs is 3. The van der Waals surface area contributed by atoms with Crippen molar-refractivity contribution < 1.29 is 9.21 Å². The van der Waals surface area contributed by atoms with Crippen molar-refractivity contribution in [2.24, 2.45) is 0 Å². The molecule has 2 aromatic heterocycles. The smallest absolute Gasteiger partial charge is 0.258 e. The molecule has 6 heteroatoms. The van der Waals surface area contributed by atoms with Crippen LogP contribution in [0.3, 0.4) is 0 Å². The van der Waals surface area contributed by atoms with Gasteiger partial charge in [-0.15, -0.1) is 11.8 Å². The second kappa shape index (κ2) is 7.73. The lowest BCUT2D eigenvalue weighted by atomic mass is 10.1. The topological polar surface area (TPSA) is 55.1 Å². The minimum Gasteiger partial charge on any atom is -0.468 e. The minimum absolute atomic E-state index is 0.157. The van der Waals surface area contributed by atoms with Gasteiger partial charge in [0.15, 0.2) is 5.13 Å². The Morgan fingerprint density at radius 2 is 1.86 bits per heavy atom. The third-order valence-corrected chi connectivity index (χ3v) is 6.62. The third kappa shape index (κ3) is 3.64. The molecule has 0 aliphatic heterocycles. The Morgan fingerprint density at radius 3 is 2.76 bits per heavy atom. The molecule has 0 aliphatic carbocycles. The normalized spacial score (nSPS) is 11.2. The van der Waals surface area contributed by atoms with Crippen LogP contribution in [0.1, 0.15) is 16.1 Å². The number of thioether (sulfide) groups is 1. The van der Waals surface area contributed by atoms with Crippen molar-refractivity contribution in [1.29, 1.82) is 0 Å². The van der Waals surface area contributed by atoms with Crippen LogP contribution in [0.4, 0.5) is 5.13 Å². The highest BCUT2D eigenvalue weighted by molar-refractivity contribution is 7.98. The largest absolute Gasteiger partial charge is 0.468 e. The van der Waals surface area contributed by atoms with Gasteiger partial charge in [-0.2, -0.15) is 0 Å². The number of nitrogens with one attached hydrogen (secondary N) is 1. The van der Waals surface area contributed by atoms with Crippen molar-refractivity contribution in [2.75, 3.05) is 5.32 Å². The number of hydrogen-bond donors (Lipinski definition) is 1. The van der Waals surface area contributed by atoms with Gasteiger partial charge in [-0.25, -0.2) is 4.98 Å². The van der Waals surface area contributed by atoms with E-state index >= 15 is 0 Å². The molecular formula is C23H16N2O2S2. The average Bonchev–Trinajstić information content (AvgIpc) is 3.42. The summed E-state index contributed by atoms with van der Waals surface area (Å²) < 4.78 is 6.45. The van der Waals surface area contributed by atoms with E-state index in [2.05, 4.69) is 34.6 Å². The van der Waals surface area contributed by atoms with E-state index in [0.29, 0.717) is 16.4 Å². The molecule has 0 spiro atoms. The number of carbonyl (C=O) groups is 1. The summed E-state index contributed by atoms with van der Waals surface area (Å²) in [5.74, 6) is 1.39. The van der Waals surface area contributed by atoms with E-state index in [1.165, 1.54) is 11.3 Å². The highest BCUT2D eigenvalue weighted by Gasteiger charge is 2.15. The van der Waals surface area contributed by atoms with Gasteiger partial charge >= 0.3 is 0 Å². The van der Waals surface area contributed by atoms with Crippen LogP contribution in [0.15, 0.2) is 88.4 Å². The fraction of sp³-hybridized carbons (Fsp3) is 0.0435. The van der Waals surface area contributed by atoms with Gasteiger partial charge in [-0.05, 0) is 35.7 Å². The van der Waals surface area contributed by atoms with Crippen LogP contribution in [0.5, 0.6) is 0 Å². The summed E-state index contributed by atoms with van der Waals surface area (Å²) in [6.45, 7) is 0. The molecule has 0 unspecified atom stereocenters. The number of benzene rings is 3. The zero-order chi connectivity index (χ0) is 19.6. The average molecular weight is 417 g/mol. The van der Waals surface area contributed by atoms with E-state index in [9.17, 15) is 4.79 Å². The van der Waals surface area contributed by atoms with Crippen LogP contribution in [0, 0.1) is 0 Å². The molecule has 5 aromatic rings. The number of nitrogens with zero attached hydrogens (tertiary/aromatic N) is 1. The van der Waals surface area contributed by atoms with Crippen molar-refractivity contribution in [1.82, 2.24) is 4.98 Å². The fourth-order valence-electron chi connectivity index (χ4n) is 3.20. The first-order chi connectivity index (χ1) is 14.3. The summed E-state index contributed by atoms with van der Waals surface area (Å²) in [7, 11) is 0. The maximum absolute atomic E-state index is 13.0. The first kappa shape index (κ1) is 18.0. The second-order valence-electron chi connectivity index (χ2n) is 6.47. The molecule has 0 fully saturated rings. The molecule has 0 saturated heterocycles. The Morgan fingerprint density at radius 1 is 1.00 bits per heavy atom. The molecular weight excluding hydrogens is 400 g/mol. The molecule has 2 heterocycles. The van der Waals surface area contributed by atoms with Gasteiger partial charge < -0.3 is 4.42 Å². The molecule has 142 valence electrons. The Kier molecular flexibility index (Phi) is 4.79. The molecule has 1 N–H and O–H groups in total. The van der Waals surface area contributed by atoms with Gasteiger partial charge in [0.05, 0.1) is 27.8 Å². The Hall–Kier alpha value is -3.09. The number of furan rings is 1. The maximum Gasteiger partial charge on any atom is 0.258 e. The number of anilines is 1. The Bertz CT molecular complexity index is 1310. The molecule has 0 bridgehead atoms. The molecule has 4 nitrogen and oxygen atoms in total. The van der Waals surface area contributed by atoms with E-state index in [1.807, 2.05) is 48.5 Å². The first-order valence-corrected chi connectivity index (χ1v) is 10.9. The predicted octanol–water partition coefficient (Wildman–Crippen LogP) is 6.59. The number of thiazole rings is 1. The molecule has 0 saturated carbocycles. The van der Waals surface area contributed by atoms with Crippen LogP contribution in [-0.4, -0.2) is 10.9 Å². The van der Waals surface area contributed by atoms with Gasteiger partial charge in [-0.3, -0.25) is 10.1 Å². The Labute approximate surface area is 175 Å². The summed E-state index contributed by atoms with van der Waals surface area (Å²) in [6, 6.07) is 23.7. The van der Waals surface area contributed by atoms with Gasteiger partial charge in [-0.1, -0.05) is 53.8 Å². The van der Waals surface area contributed by atoms with Gasteiger partial charge in [0.25, 0.3) is 5.91 Å². The summed E-state index contributed by atoms with van der Waals surface area (Å²) in [6.07, 6.45) is 1.66. The number of amides is 1. The summed E-state index contributed by atoms with van der Waals surface area (Å²) >= 11 is 3.07. The minimum atomic E-state index is -0.157. The zero-order valence-electron chi connectivity index (χ0n) is 15.3. The van der Waals surface area contributed by atoms with Crippen molar-refractivity contribution in [3.8, 4) is 0 Å². The summed E-state index contributed by atoms with van der Waals surface area (Å²) in [5, 5.41) is 5.82. The second-order valence-corrected chi connectivity index (χ2v) is 8.52. The molecule has 5 rings (SSSR count). The van der Waals surface area contributed by atoms with Crippen molar-refractivity contribution in [3.63, 3.8) is 0 Å². The number of aromatic nitrogens is 1. The van der Waals surface area contributed by atoms with E-state index in [4.69, 9.17) is 4.42 Å².